The van der Waals surface area contributed by atoms with Gasteiger partial charge in [-0.1, -0.05) is 18.1 Å². The number of nitrogens with one attached hydrogen (secondary N) is 2. The Hall–Kier alpha value is -3.10. The SMILES string of the molecule is C#Cc1ccc2nc(C3=CC=CC=CN3)nc(NCCOC)c2c1. The van der Waals surface area contributed by atoms with E-state index in [9.17, 15) is 0 Å². The lowest BCUT2D eigenvalue weighted by Gasteiger charge is -2.12. The molecule has 24 heavy (non-hydrogen) atoms. The highest BCUT2D eigenvalue weighted by atomic mass is 16.5. The Balaban J connectivity index is 2.08. The van der Waals surface area contributed by atoms with Gasteiger partial charge in [0.2, 0.25) is 0 Å². The third-order valence-electron chi connectivity index (χ3n) is 3.52. The van der Waals surface area contributed by atoms with Gasteiger partial charge in [0.05, 0.1) is 17.8 Å². The number of hydrogen-bond acceptors (Lipinski definition) is 5. The number of anilines is 1. The van der Waals surface area contributed by atoms with Crippen molar-refractivity contribution in [3.8, 4) is 12.3 Å². The van der Waals surface area contributed by atoms with Crippen molar-refractivity contribution < 1.29 is 4.74 Å². The number of hydrogen-bond donors (Lipinski definition) is 2. The minimum atomic E-state index is 0.585. The second-order valence-corrected chi connectivity index (χ2v) is 5.16. The van der Waals surface area contributed by atoms with Crippen LogP contribution in [0.5, 0.6) is 0 Å². The van der Waals surface area contributed by atoms with Crippen LogP contribution in [0, 0.1) is 12.3 Å². The first-order valence-corrected chi connectivity index (χ1v) is 7.63. The van der Waals surface area contributed by atoms with Crippen LogP contribution in [0.4, 0.5) is 5.82 Å². The average Bonchev–Trinajstić information content (AvgIpc) is 2.90. The molecule has 0 aliphatic carbocycles. The van der Waals surface area contributed by atoms with E-state index in [-0.39, 0.29) is 0 Å². The molecule has 5 nitrogen and oxygen atoms in total. The van der Waals surface area contributed by atoms with Gasteiger partial charge in [0.15, 0.2) is 5.82 Å². The summed E-state index contributed by atoms with van der Waals surface area (Å²) in [6, 6.07) is 5.72. The molecule has 0 saturated heterocycles. The van der Waals surface area contributed by atoms with Crippen molar-refractivity contribution in [3.63, 3.8) is 0 Å². The molecule has 0 spiro atoms. The maximum Gasteiger partial charge on any atom is 0.178 e. The summed E-state index contributed by atoms with van der Waals surface area (Å²) in [6.07, 6.45) is 15.1. The van der Waals surface area contributed by atoms with E-state index in [1.165, 1.54) is 0 Å². The highest BCUT2D eigenvalue weighted by Crippen LogP contribution is 2.24. The Morgan fingerprint density at radius 2 is 2.17 bits per heavy atom. The van der Waals surface area contributed by atoms with E-state index in [0.29, 0.717) is 19.0 Å². The summed E-state index contributed by atoms with van der Waals surface area (Å²) >= 11 is 0. The first kappa shape index (κ1) is 15.8. The fourth-order valence-electron chi connectivity index (χ4n) is 2.34. The number of rotatable bonds is 5. The van der Waals surface area contributed by atoms with Crippen LogP contribution < -0.4 is 10.6 Å². The maximum atomic E-state index is 5.51. The summed E-state index contributed by atoms with van der Waals surface area (Å²) in [5.41, 5.74) is 2.46. The van der Waals surface area contributed by atoms with Crippen molar-refractivity contribution in [2.45, 2.75) is 0 Å². The summed E-state index contributed by atoms with van der Waals surface area (Å²) in [4.78, 5) is 9.32. The predicted molar refractivity (Wildman–Crippen MR) is 97.2 cm³/mol. The number of terminal acetylenes is 1. The average molecular weight is 318 g/mol. The molecule has 1 aliphatic rings. The number of fused-ring (bicyclic) bond motifs is 1. The molecule has 2 N–H and O–H groups in total. The maximum absolute atomic E-state index is 5.51. The van der Waals surface area contributed by atoms with Crippen LogP contribution in [0.1, 0.15) is 11.4 Å². The molecule has 2 heterocycles. The Labute approximate surface area is 141 Å². The van der Waals surface area contributed by atoms with Gasteiger partial charge < -0.3 is 15.4 Å². The molecule has 0 fully saturated rings. The summed E-state index contributed by atoms with van der Waals surface area (Å²) in [7, 11) is 1.67. The zero-order chi connectivity index (χ0) is 16.8. The summed E-state index contributed by atoms with van der Waals surface area (Å²) in [5, 5.41) is 7.38. The summed E-state index contributed by atoms with van der Waals surface area (Å²) in [6.45, 7) is 1.23. The molecular weight excluding hydrogens is 300 g/mol. The minimum absolute atomic E-state index is 0.585. The standard InChI is InChI=1S/C19H18N4O/c1-3-14-8-9-16-15(13-14)18(21-11-12-24-2)23-19(22-16)17-7-5-4-6-10-20-17/h1,4-10,13,20H,11-12H2,2H3,(H,21,22,23). The Morgan fingerprint density at radius 3 is 3.00 bits per heavy atom. The molecule has 3 rings (SSSR count). The van der Waals surface area contributed by atoms with Gasteiger partial charge >= 0.3 is 0 Å². The molecule has 1 aromatic heterocycles. The van der Waals surface area contributed by atoms with Crippen molar-refractivity contribution in [1.29, 1.82) is 0 Å². The Kier molecular flexibility index (Phi) is 4.90. The van der Waals surface area contributed by atoms with Crippen LogP contribution in [0.2, 0.25) is 0 Å². The van der Waals surface area contributed by atoms with Crippen LogP contribution in [-0.2, 0) is 4.74 Å². The van der Waals surface area contributed by atoms with Gasteiger partial charge in [-0.25, -0.2) is 9.97 Å². The van der Waals surface area contributed by atoms with Crippen molar-refractivity contribution >= 4 is 22.4 Å². The van der Waals surface area contributed by atoms with Crippen LogP contribution in [0.3, 0.4) is 0 Å². The third-order valence-corrected chi connectivity index (χ3v) is 3.52. The molecule has 0 amide bonds. The van der Waals surface area contributed by atoms with E-state index >= 15 is 0 Å². The van der Waals surface area contributed by atoms with Crippen molar-refractivity contribution in [2.75, 3.05) is 25.6 Å². The quantitative estimate of drug-likeness (QED) is 0.656. The van der Waals surface area contributed by atoms with Gasteiger partial charge in [-0.2, -0.15) is 0 Å². The molecule has 1 aromatic carbocycles. The van der Waals surface area contributed by atoms with E-state index in [1.807, 2.05) is 48.7 Å². The highest BCUT2D eigenvalue weighted by Gasteiger charge is 2.11. The molecule has 2 aromatic rings. The van der Waals surface area contributed by atoms with Crippen LogP contribution in [-0.4, -0.2) is 30.2 Å². The second-order valence-electron chi connectivity index (χ2n) is 5.16. The van der Waals surface area contributed by atoms with Gasteiger partial charge in [0.25, 0.3) is 0 Å². The first-order valence-electron chi connectivity index (χ1n) is 7.63. The van der Waals surface area contributed by atoms with Crippen molar-refractivity contribution in [3.05, 3.63) is 60.1 Å². The lowest BCUT2D eigenvalue weighted by molar-refractivity contribution is 0.210. The largest absolute Gasteiger partial charge is 0.383 e. The lowest BCUT2D eigenvalue weighted by atomic mass is 10.1. The van der Waals surface area contributed by atoms with Gasteiger partial charge in [-0.15, -0.1) is 6.42 Å². The molecule has 0 atom stereocenters. The van der Waals surface area contributed by atoms with Gasteiger partial charge in [-0.05, 0) is 30.4 Å². The van der Waals surface area contributed by atoms with Crippen LogP contribution >= 0.6 is 0 Å². The van der Waals surface area contributed by atoms with Gasteiger partial charge in [-0.3, -0.25) is 0 Å². The van der Waals surface area contributed by atoms with Crippen molar-refractivity contribution in [1.82, 2.24) is 15.3 Å². The fourth-order valence-corrected chi connectivity index (χ4v) is 2.34. The zero-order valence-electron chi connectivity index (χ0n) is 13.4. The van der Waals surface area contributed by atoms with Crippen molar-refractivity contribution in [2.24, 2.45) is 0 Å². The van der Waals surface area contributed by atoms with Gasteiger partial charge in [0, 0.05) is 30.8 Å². The normalized spacial score (nSPS) is 13.1. The van der Waals surface area contributed by atoms with E-state index in [1.54, 1.807) is 7.11 Å². The van der Waals surface area contributed by atoms with E-state index < -0.39 is 0 Å². The Morgan fingerprint density at radius 1 is 1.25 bits per heavy atom. The summed E-state index contributed by atoms with van der Waals surface area (Å²) in [5.74, 6) is 4.01. The Bertz CT molecular complexity index is 875. The topological polar surface area (TPSA) is 59.1 Å². The third kappa shape index (κ3) is 3.45. The minimum Gasteiger partial charge on any atom is -0.383 e. The van der Waals surface area contributed by atoms with E-state index in [4.69, 9.17) is 11.2 Å². The number of nitrogens with zero attached hydrogens (tertiary/aromatic N) is 2. The number of methoxy groups -OCH3 is 1. The second kappa shape index (κ2) is 7.44. The number of allylic oxidation sites excluding steroid dienone is 4. The number of aromatic nitrogens is 2. The highest BCUT2D eigenvalue weighted by molar-refractivity contribution is 5.91. The fraction of sp³-hybridized carbons (Fsp3) is 0.158. The van der Waals surface area contributed by atoms with Crippen LogP contribution in [0.15, 0.2) is 48.7 Å². The molecule has 5 heteroatoms. The predicted octanol–water partition coefficient (Wildman–Crippen LogP) is 2.68. The first-order chi connectivity index (χ1) is 11.8. The van der Waals surface area contributed by atoms with E-state index in [2.05, 4.69) is 26.5 Å². The van der Waals surface area contributed by atoms with Gasteiger partial charge in [0.1, 0.15) is 5.82 Å². The lowest BCUT2D eigenvalue weighted by Crippen LogP contribution is -2.13. The van der Waals surface area contributed by atoms with Crippen LogP contribution in [0.25, 0.3) is 16.6 Å². The molecule has 0 bridgehead atoms. The number of ether oxygens (including phenoxy) is 1. The molecule has 0 radical (unpaired) electrons. The monoisotopic (exact) mass is 318 g/mol. The zero-order valence-corrected chi connectivity index (χ0v) is 13.4. The summed E-state index contributed by atoms with van der Waals surface area (Å²) < 4.78 is 5.10. The molecular formula is C19H18N4O. The molecule has 0 saturated carbocycles. The smallest absolute Gasteiger partial charge is 0.178 e. The molecule has 120 valence electrons. The molecule has 1 aliphatic heterocycles. The number of benzene rings is 1. The molecule has 0 unspecified atom stereocenters. The van der Waals surface area contributed by atoms with E-state index in [0.717, 1.165) is 28.0 Å².